The number of aromatic nitrogens is 3. The second kappa shape index (κ2) is 7.78. The molecule has 0 unspecified atom stereocenters. The molecule has 9 nitrogen and oxygen atoms in total. The van der Waals surface area contributed by atoms with Gasteiger partial charge >= 0.3 is 6.03 Å². The number of ether oxygens (including phenoxy) is 2. The van der Waals surface area contributed by atoms with E-state index in [1.807, 2.05) is 6.07 Å². The molecule has 142 valence electrons. The van der Waals surface area contributed by atoms with Crippen LogP contribution in [0.5, 0.6) is 11.5 Å². The lowest BCUT2D eigenvalue weighted by molar-refractivity contribution is 0.174. The largest absolute Gasteiger partial charge is 0.454 e. The highest BCUT2D eigenvalue weighted by Crippen LogP contribution is 2.34. The molecule has 0 aliphatic carbocycles. The number of hydrogen-bond donors (Lipinski definition) is 2. The third kappa shape index (κ3) is 3.93. The van der Waals surface area contributed by atoms with E-state index in [1.54, 1.807) is 42.7 Å². The van der Waals surface area contributed by atoms with Gasteiger partial charge in [-0.25, -0.2) is 9.48 Å². The van der Waals surface area contributed by atoms with E-state index in [-0.39, 0.29) is 25.4 Å². The van der Waals surface area contributed by atoms with Crippen molar-refractivity contribution < 1.29 is 14.3 Å². The molecule has 0 radical (unpaired) electrons. The van der Waals surface area contributed by atoms with E-state index in [0.29, 0.717) is 22.9 Å². The lowest BCUT2D eigenvalue weighted by atomic mass is 10.2. The zero-order chi connectivity index (χ0) is 19.3. The Bertz CT molecular complexity index is 1050. The van der Waals surface area contributed by atoms with Crippen LogP contribution in [0.3, 0.4) is 0 Å². The summed E-state index contributed by atoms with van der Waals surface area (Å²) in [6, 6.07) is 11.5. The first-order valence-electron chi connectivity index (χ1n) is 8.62. The average Bonchev–Trinajstić information content (AvgIpc) is 3.18. The normalized spacial score (nSPS) is 11.9. The number of anilines is 1. The number of urea groups is 1. The molecule has 0 fully saturated rings. The smallest absolute Gasteiger partial charge is 0.319 e. The van der Waals surface area contributed by atoms with Crippen LogP contribution in [0.1, 0.15) is 0 Å². The average molecular weight is 379 g/mol. The zero-order valence-electron chi connectivity index (χ0n) is 14.8. The number of pyridine rings is 1. The summed E-state index contributed by atoms with van der Waals surface area (Å²) in [4.78, 5) is 28.1. The van der Waals surface area contributed by atoms with Gasteiger partial charge in [-0.1, -0.05) is 0 Å². The molecule has 4 rings (SSSR count). The van der Waals surface area contributed by atoms with Crippen LogP contribution in [0, 0.1) is 0 Å². The number of fused-ring (bicyclic) bond motifs is 1. The number of amides is 2. The minimum Gasteiger partial charge on any atom is -0.454 e. The van der Waals surface area contributed by atoms with Crippen molar-refractivity contribution in [2.75, 3.05) is 18.7 Å². The Labute approximate surface area is 159 Å². The number of carbonyl (C=O) groups is 1. The van der Waals surface area contributed by atoms with Crippen LogP contribution in [0.4, 0.5) is 10.5 Å². The maximum atomic E-state index is 12.1. The van der Waals surface area contributed by atoms with Gasteiger partial charge in [0.1, 0.15) is 0 Å². The van der Waals surface area contributed by atoms with Crippen molar-refractivity contribution in [3.63, 3.8) is 0 Å². The van der Waals surface area contributed by atoms with Crippen molar-refractivity contribution in [1.29, 1.82) is 0 Å². The molecule has 3 heterocycles. The van der Waals surface area contributed by atoms with Gasteiger partial charge in [0.2, 0.25) is 6.79 Å². The zero-order valence-corrected chi connectivity index (χ0v) is 14.8. The highest BCUT2D eigenvalue weighted by molar-refractivity contribution is 5.89. The van der Waals surface area contributed by atoms with Crippen molar-refractivity contribution in [2.24, 2.45) is 0 Å². The van der Waals surface area contributed by atoms with E-state index in [9.17, 15) is 9.59 Å². The van der Waals surface area contributed by atoms with Crippen LogP contribution in [0.25, 0.3) is 11.3 Å². The van der Waals surface area contributed by atoms with Crippen LogP contribution in [0.15, 0.2) is 59.7 Å². The first-order valence-corrected chi connectivity index (χ1v) is 8.62. The van der Waals surface area contributed by atoms with Crippen molar-refractivity contribution in [2.45, 2.75) is 6.54 Å². The van der Waals surface area contributed by atoms with Crippen LogP contribution >= 0.6 is 0 Å². The standard InChI is InChI=1S/C19H17N5O4/c25-18-6-4-15(13-2-1-7-20-11-13)23-24(18)9-8-21-19(26)22-14-3-5-16-17(10-14)28-12-27-16/h1-7,10-11H,8-9,12H2,(H2,21,22,26). The van der Waals surface area contributed by atoms with Gasteiger partial charge in [0.15, 0.2) is 11.5 Å². The van der Waals surface area contributed by atoms with Gasteiger partial charge in [-0.2, -0.15) is 5.10 Å². The molecule has 0 bridgehead atoms. The summed E-state index contributed by atoms with van der Waals surface area (Å²) < 4.78 is 11.8. The fourth-order valence-corrected chi connectivity index (χ4v) is 2.70. The molecule has 0 saturated carbocycles. The Morgan fingerprint density at radius 2 is 2.04 bits per heavy atom. The number of rotatable bonds is 5. The SMILES string of the molecule is O=C(NCCn1nc(-c2cccnc2)ccc1=O)Nc1ccc2c(c1)OCO2. The lowest BCUT2D eigenvalue weighted by Gasteiger charge is -2.10. The molecule has 1 aliphatic rings. The summed E-state index contributed by atoms with van der Waals surface area (Å²) in [6.07, 6.45) is 3.34. The minimum atomic E-state index is -0.393. The molecule has 28 heavy (non-hydrogen) atoms. The molecule has 0 atom stereocenters. The monoisotopic (exact) mass is 379 g/mol. The molecule has 3 aromatic rings. The van der Waals surface area contributed by atoms with Gasteiger partial charge in [0.25, 0.3) is 5.56 Å². The summed E-state index contributed by atoms with van der Waals surface area (Å²) in [5, 5.41) is 9.73. The fourth-order valence-electron chi connectivity index (χ4n) is 2.70. The molecule has 1 aliphatic heterocycles. The second-order valence-electron chi connectivity index (χ2n) is 5.97. The molecule has 0 saturated heterocycles. The van der Waals surface area contributed by atoms with Crippen molar-refractivity contribution in [3.8, 4) is 22.8 Å². The highest BCUT2D eigenvalue weighted by atomic mass is 16.7. The third-order valence-electron chi connectivity index (χ3n) is 4.06. The third-order valence-corrected chi connectivity index (χ3v) is 4.06. The number of carbonyl (C=O) groups excluding carboxylic acids is 1. The predicted octanol–water partition coefficient (Wildman–Crippen LogP) is 1.86. The minimum absolute atomic E-state index is 0.171. The van der Waals surface area contributed by atoms with E-state index in [1.165, 1.54) is 10.7 Å². The van der Waals surface area contributed by atoms with E-state index < -0.39 is 6.03 Å². The van der Waals surface area contributed by atoms with Crippen LogP contribution in [-0.4, -0.2) is 34.1 Å². The van der Waals surface area contributed by atoms with Gasteiger partial charge in [0, 0.05) is 42.3 Å². The van der Waals surface area contributed by atoms with Crippen molar-refractivity contribution in [1.82, 2.24) is 20.1 Å². The molecule has 2 N–H and O–H groups in total. The van der Waals surface area contributed by atoms with Crippen molar-refractivity contribution in [3.05, 3.63) is 65.2 Å². The molecule has 0 spiro atoms. The summed E-state index contributed by atoms with van der Waals surface area (Å²) in [5.41, 5.74) is 1.78. The maximum absolute atomic E-state index is 12.1. The molecular formula is C19H17N5O4. The summed E-state index contributed by atoms with van der Waals surface area (Å²) in [5.74, 6) is 1.23. The van der Waals surface area contributed by atoms with Crippen LogP contribution < -0.4 is 25.7 Å². The summed E-state index contributed by atoms with van der Waals surface area (Å²) in [6.45, 7) is 0.645. The number of nitrogens with zero attached hydrogens (tertiary/aromatic N) is 3. The van der Waals surface area contributed by atoms with E-state index in [0.717, 1.165) is 5.56 Å². The van der Waals surface area contributed by atoms with Crippen molar-refractivity contribution >= 4 is 11.7 Å². The number of hydrogen-bond acceptors (Lipinski definition) is 6. The van der Waals surface area contributed by atoms with Gasteiger partial charge < -0.3 is 20.1 Å². The molecule has 9 heteroatoms. The fraction of sp³-hybridized carbons (Fsp3) is 0.158. The quantitative estimate of drug-likeness (QED) is 0.701. The van der Waals surface area contributed by atoms with Gasteiger partial charge in [-0.3, -0.25) is 9.78 Å². The Morgan fingerprint density at radius 1 is 1.14 bits per heavy atom. The van der Waals surface area contributed by atoms with Gasteiger partial charge in [-0.05, 0) is 30.3 Å². The Hall–Kier alpha value is -3.88. The second-order valence-corrected chi connectivity index (χ2v) is 5.97. The lowest BCUT2D eigenvalue weighted by Crippen LogP contribution is -2.34. The maximum Gasteiger partial charge on any atom is 0.319 e. The predicted molar refractivity (Wildman–Crippen MR) is 101 cm³/mol. The number of benzene rings is 1. The van der Waals surface area contributed by atoms with E-state index in [4.69, 9.17) is 9.47 Å². The Balaban J connectivity index is 1.34. The topological polar surface area (TPSA) is 107 Å². The first kappa shape index (κ1) is 17.5. The molecule has 2 aromatic heterocycles. The van der Waals surface area contributed by atoms with E-state index in [2.05, 4.69) is 20.7 Å². The molecule has 2 amide bonds. The molecule has 1 aromatic carbocycles. The van der Waals surface area contributed by atoms with E-state index >= 15 is 0 Å². The first-order chi connectivity index (χ1) is 13.7. The van der Waals surface area contributed by atoms with Gasteiger partial charge in [0.05, 0.1) is 12.2 Å². The van der Waals surface area contributed by atoms with Crippen LogP contribution in [0.2, 0.25) is 0 Å². The highest BCUT2D eigenvalue weighted by Gasteiger charge is 2.14. The Kier molecular flexibility index (Phi) is 4.87. The molecular weight excluding hydrogens is 362 g/mol. The number of nitrogens with one attached hydrogen (secondary N) is 2. The van der Waals surface area contributed by atoms with Crippen LogP contribution in [-0.2, 0) is 6.54 Å². The van der Waals surface area contributed by atoms with Gasteiger partial charge in [-0.15, -0.1) is 0 Å². The Morgan fingerprint density at radius 3 is 2.89 bits per heavy atom. The summed E-state index contributed by atoms with van der Waals surface area (Å²) >= 11 is 0. The summed E-state index contributed by atoms with van der Waals surface area (Å²) in [7, 11) is 0.